The van der Waals surface area contributed by atoms with Crippen LogP contribution >= 0.6 is 11.6 Å². The molecule has 2 nitrogen and oxygen atoms in total. The summed E-state index contributed by atoms with van der Waals surface area (Å²) >= 11 is 5.87. The van der Waals surface area contributed by atoms with E-state index in [1.165, 1.54) is 6.07 Å². The number of hydrogen-bond acceptors (Lipinski definition) is 2. The van der Waals surface area contributed by atoms with E-state index in [1.807, 2.05) is 41.3 Å². The summed E-state index contributed by atoms with van der Waals surface area (Å²) in [7, 11) is 0. The minimum atomic E-state index is -0.324. The van der Waals surface area contributed by atoms with Gasteiger partial charge in [0.05, 0.1) is 18.4 Å². The normalized spacial score (nSPS) is 10.1. The van der Waals surface area contributed by atoms with Crippen molar-refractivity contribution in [3.05, 3.63) is 59.9 Å². The topological polar surface area (TPSA) is 27.0 Å². The molecule has 0 saturated heterocycles. The molecule has 4 heteroatoms. The maximum absolute atomic E-state index is 13.9. The number of para-hydroxylation sites is 1. The summed E-state index contributed by atoms with van der Waals surface area (Å²) in [6.45, 7) is 0.494. The van der Waals surface area contributed by atoms with Crippen molar-refractivity contribution in [2.24, 2.45) is 0 Å². The highest BCUT2D eigenvalue weighted by Crippen LogP contribution is 2.31. The van der Waals surface area contributed by atoms with Gasteiger partial charge in [-0.05, 0) is 24.3 Å². The van der Waals surface area contributed by atoms with Gasteiger partial charge in [0.25, 0.3) is 0 Å². The van der Waals surface area contributed by atoms with E-state index in [0.29, 0.717) is 24.2 Å². The number of hydrogen-bond donors (Lipinski definition) is 0. The second-order valence-corrected chi connectivity index (χ2v) is 4.53. The van der Waals surface area contributed by atoms with Crippen LogP contribution in [0.2, 0.25) is 0 Å². The number of nitriles is 1. The molecule has 0 aromatic heterocycles. The quantitative estimate of drug-likeness (QED) is 0.751. The summed E-state index contributed by atoms with van der Waals surface area (Å²) in [4.78, 5) is 1.92. The van der Waals surface area contributed by atoms with Crippen LogP contribution in [0.4, 0.5) is 15.8 Å². The van der Waals surface area contributed by atoms with Gasteiger partial charge in [0, 0.05) is 23.5 Å². The fourth-order valence-corrected chi connectivity index (χ4v) is 2.36. The molecule has 0 aliphatic rings. The average Bonchev–Trinajstić information content (AvgIpc) is 2.49. The molecule has 0 N–H and O–H groups in total. The first-order valence-electron chi connectivity index (χ1n) is 6.31. The molecule has 0 spiro atoms. The Kier molecular flexibility index (Phi) is 4.97. The van der Waals surface area contributed by atoms with Gasteiger partial charge < -0.3 is 4.90 Å². The van der Waals surface area contributed by atoms with Crippen LogP contribution < -0.4 is 4.90 Å². The lowest BCUT2D eigenvalue weighted by molar-refractivity contribution is 0.616. The van der Waals surface area contributed by atoms with Gasteiger partial charge in [-0.3, -0.25) is 0 Å². The van der Waals surface area contributed by atoms with Crippen LogP contribution in [0.3, 0.4) is 0 Å². The van der Waals surface area contributed by atoms with Gasteiger partial charge in [-0.25, -0.2) is 4.39 Å². The smallest absolute Gasteiger partial charge is 0.129 e. The maximum Gasteiger partial charge on any atom is 0.129 e. The zero-order chi connectivity index (χ0) is 14.4. The molecule has 0 heterocycles. The zero-order valence-corrected chi connectivity index (χ0v) is 11.6. The molecule has 0 saturated carbocycles. The Morgan fingerprint density at radius 2 is 1.85 bits per heavy atom. The Morgan fingerprint density at radius 3 is 2.50 bits per heavy atom. The molecule has 0 bridgehead atoms. The zero-order valence-electron chi connectivity index (χ0n) is 10.9. The number of anilines is 2. The predicted molar refractivity (Wildman–Crippen MR) is 79.6 cm³/mol. The van der Waals surface area contributed by atoms with Gasteiger partial charge in [0.1, 0.15) is 5.82 Å². The number of halogens is 2. The van der Waals surface area contributed by atoms with E-state index in [0.717, 1.165) is 5.69 Å². The molecular weight excluding hydrogens is 275 g/mol. The van der Waals surface area contributed by atoms with E-state index >= 15 is 0 Å². The van der Waals surface area contributed by atoms with E-state index in [-0.39, 0.29) is 11.7 Å². The number of alkyl halides is 1. The summed E-state index contributed by atoms with van der Waals surface area (Å²) in [5.74, 6) is -0.229. The van der Waals surface area contributed by atoms with Crippen molar-refractivity contribution in [3.63, 3.8) is 0 Å². The maximum atomic E-state index is 13.9. The van der Waals surface area contributed by atoms with Gasteiger partial charge in [0.2, 0.25) is 0 Å². The summed E-state index contributed by atoms with van der Waals surface area (Å²) in [5, 5.41) is 8.81. The standard InChI is InChI=1S/C16H14ClFN2/c17-12-14-15(18)8-4-9-16(14)20(11-5-10-19)13-6-2-1-3-7-13/h1-4,6-9H,5,11-12H2. The van der Waals surface area contributed by atoms with Crippen molar-refractivity contribution < 1.29 is 4.39 Å². The first-order valence-corrected chi connectivity index (χ1v) is 6.84. The Hall–Kier alpha value is -2.05. The van der Waals surface area contributed by atoms with Gasteiger partial charge in [-0.2, -0.15) is 5.26 Å². The highest BCUT2D eigenvalue weighted by Gasteiger charge is 2.15. The third kappa shape index (κ3) is 3.09. The Labute approximate surface area is 123 Å². The number of benzene rings is 2. The van der Waals surface area contributed by atoms with Crippen molar-refractivity contribution in [2.75, 3.05) is 11.4 Å². The van der Waals surface area contributed by atoms with Crippen molar-refractivity contribution in [3.8, 4) is 6.07 Å². The molecule has 0 aliphatic carbocycles. The second-order valence-electron chi connectivity index (χ2n) is 4.27. The molecule has 2 aromatic rings. The molecule has 102 valence electrons. The molecule has 0 unspecified atom stereocenters. The Bertz CT molecular complexity index is 608. The first-order chi connectivity index (χ1) is 9.77. The second kappa shape index (κ2) is 6.93. The molecule has 2 rings (SSSR count). The van der Waals surface area contributed by atoms with Crippen molar-refractivity contribution >= 4 is 23.0 Å². The van der Waals surface area contributed by atoms with E-state index in [2.05, 4.69) is 6.07 Å². The van der Waals surface area contributed by atoms with Crippen LogP contribution in [0.1, 0.15) is 12.0 Å². The lowest BCUT2D eigenvalue weighted by Crippen LogP contribution is -2.19. The van der Waals surface area contributed by atoms with Crippen LogP contribution in [0.5, 0.6) is 0 Å². The fourth-order valence-electron chi connectivity index (χ4n) is 2.09. The molecule has 0 aliphatic heterocycles. The number of nitrogens with zero attached hydrogens (tertiary/aromatic N) is 2. The van der Waals surface area contributed by atoms with Gasteiger partial charge in [-0.1, -0.05) is 24.3 Å². The summed E-state index contributed by atoms with van der Waals surface area (Å²) in [6, 6.07) is 16.6. The minimum Gasteiger partial charge on any atom is -0.340 e. The first kappa shape index (κ1) is 14.4. The Morgan fingerprint density at radius 1 is 1.10 bits per heavy atom. The highest BCUT2D eigenvalue weighted by molar-refractivity contribution is 6.17. The van der Waals surface area contributed by atoms with Crippen LogP contribution in [0, 0.1) is 17.1 Å². The molecule has 0 amide bonds. The van der Waals surface area contributed by atoms with Crippen molar-refractivity contribution in [1.82, 2.24) is 0 Å². The lowest BCUT2D eigenvalue weighted by atomic mass is 10.1. The minimum absolute atomic E-state index is 0.0951. The van der Waals surface area contributed by atoms with Crippen molar-refractivity contribution in [1.29, 1.82) is 5.26 Å². The SMILES string of the molecule is N#CCCN(c1ccccc1)c1cccc(F)c1CCl. The summed E-state index contributed by atoms with van der Waals surface area (Å²) in [5.41, 5.74) is 2.08. The number of rotatable bonds is 5. The Balaban J connectivity index is 2.47. The molecular formula is C16H14ClFN2. The van der Waals surface area contributed by atoms with Crippen LogP contribution in [-0.4, -0.2) is 6.54 Å². The molecule has 0 fully saturated rings. The predicted octanol–water partition coefficient (Wildman–Crippen LogP) is 4.62. The van der Waals surface area contributed by atoms with Crippen molar-refractivity contribution in [2.45, 2.75) is 12.3 Å². The van der Waals surface area contributed by atoms with Gasteiger partial charge in [-0.15, -0.1) is 11.6 Å². The van der Waals surface area contributed by atoms with E-state index in [4.69, 9.17) is 16.9 Å². The molecule has 0 radical (unpaired) electrons. The molecule has 20 heavy (non-hydrogen) atoms. The fraction of sp³-hybridized carbons (Fsp3) is 0.188. The third-order valence-electron chi connectivity index (χ3n) is 3.03. The average molecular weight is 289 g/mol. The van der Waals surface area contributed by atoms with Crippen LogP contribution in [0.15, 0.2) is 48.5 Å². The van der Waals surface area contributed by atoms with Gasteiger partial charge in [0.15, 0.2) is 0 Å². The van der Waals surface area contributed by atoms with Crippen LogP contribution in [0.25, 0.3) is 0 Å². The largest absolute Gasteiger partial charge is 0.340 e. The van der Waals surface area contributed by atoms with E-state index in [9.17, 15) is 4.39 Å². The van der Waals surface area contributed by atoms with Gasteiger partial charge >= 0.3 is 0 Å². The highest BCUT2D eigenvalue weighted by atomic mass is 35.5. The summed E-state index contributed by atoms with van der Waals surface area (Å²) in [6.07, 6.45) is 0.354. The summed E-state index contributed by atoms with van der Waals surface area (Å²) < 4.78 is 13.9. The monoisotopic (exact) mass is 288 g/mol. The molecule has 0 atom stereocenters. The van der Waals surface area contributed by atoms with Crippen LogP contribution in [-0.2, 0) is 5.88 Å². The third-order valence-corrected chi connectivity index (χ3v) is 3.30. The lowest BCUT2D eigenvalue weighted by Gasteiger charge is -2.26. The molecule has 2 aromatic carbocycles. The van der Waals surface area contributed by atoms with E-state index < -0.39 is 0 Å². The van der Waals surface area contributed by atoms with E-state index in [1.54, 1.807) is 6.07 Å².